The third-order valence-electron chi connectivity index (χ3n) is 9.03. The number of hydrogen-bond donors (Lipinski definition) is 1. The van der Waals surface area contributed by atoms with Crippen LogP contribution in [0.25, 0.3) is 10.8 Å². The predicted octanol–water partition coefficient (Wildman–Crippen LogP) is 8.99. The van der Waals surface area contributed by atoms with Crippen LogP contribution in [0.4, 0.5) is 0 Å². The van der Waals surface area contributed by atoms with Crippen LogP contribution in [0.2, 0.25) is 10.2 Å². The van der Waals surface area contributed by atoms with Crippen molar-refractivity contribution in [1.82, 2.24) is 14.6 Å². The van der Waals surface area contributed by atoms with Crippen LogP contribution in [-0.2, 0) is 16.4 Å². The topological polar surface area (TPSA) is 90.0 Å². The number of benzene rings is 5. The lowest BCUT2D eigenvalue weighted by molar-refractivity contribution is 0.203. The molecule has 0 aliphatic heterocycles. The molecule has 53 heavy (non-hydrogen) atoms. The number of fused-ring (bicyclic) bond motifs is 1. The summed E-state index contributed by atoms with van der Waals surface area (Å²) in [7, 11) is -0.620. The van der Waals surface area contributed by atoms with Crippen LogP contribution in [0.3, 0.4) is 0 Å². The average molecular weight is 771 g/mol. The normalized spacial score (nSPS) is 11.7. The molecular formula is C42H41Cl2N3O5S. The lowest BCUT2D eigenvalue weighted by atomic mass is 9.96. The first-order valence-electron chi connectivity index (χ1n) is 17.3. The highest BCUT2D eigenvalue weighted by atomic mass is 35.5. The van der Waals surface area contributed by atoms with Crippen molar-refractivity contribution in [1.29, 1.82) is 0 Å². The summed E-state index contributed by atoms with van der Waals surface area (Å²) in [6.07, 6.45) is 2.87. The van der Waals surface area contributed by atoms with Gasteiger partial charge in [0.05, 0.1) is 31.8 Å². The van der Waals surface area contributed by atoms with Crippen molar-refractivity contribution in [2.45, 2.75) is 23.8 Å². The highest BCUT2D eigenvalue weighted by Gasteiger charge is 2.25. The molecule has 0 aliphatic rings. The van der Waals surface area contributed by atoms with Crippen LogP contribution in [-0.4, -0.2) is 58.8 Å². The van der Waals surface area contributed by atoms with Crippen LogP contribution < -0.4 is 18.9 Å². The largest absolute Gasteiger partial charge is 0.497 e. The van der Waals surface area contributed by atoms with E-state index in [1.165, 1.54) is 11.8 Å². The van der Waals surface area contributed by atoms with E-state index in [4.69, 9.17) is 37.4 Å². The molecule has 0 unspecified atom stereocenters. The third-order valence-corrected chi connectivity index (χ3v) is 11.1. The number of pyridine rings is 1. The first-order chi connectivity index (χ1) is 25.8. The maximum absolute atomic E-state index is 13.7. The zero-order valence-corrected chi connectivity index (χ0v) is 31.9. The zero-order chi connectivity index (χ0) is 37.2. The van der Waals surface area contributed by atoms with Gasteiger partial charge in [-0.05, 0) is 83.3 Å². The first-order valence-corrected chi connectivity index (χ1v) is 19.5. The summed E-state index contributed by atoms with van der Waals surface area (Å²) in [5.41, 5.74) is 4.23. The summed E-state index contributed by atoms with van der Waals surface area (Å²) in [6.45, 7) is 1.59. The van der Waals surface area contributed by atoms with Gasteiger partial charge in [-0.3, -0.25) is 4.90 Å². The number of rotatable bonds is 17. The van der Waals surface area contributed by atoms with Gasteiger partial charge in [0.1, 0.15) is 22.4 Å². The van der Waals surface area contributed by atoms with Crippen molar-refractivity contribution in [2.24, 2.45) is 0 Å². The van der Waals surface area contributed by atoms with Gasteiger partial charge in [-0.1, -0.05) is 89.9 Å². The molecule has 0 spiro atoms. The fourth-order valence-corrected chi connectivity index (χ4v) is 8.08. The Hall–Kier alpha value is -4.64. The standard InChI is InChI=1S/C42H41Cl2N3O5S/c1-50-35-17-12-31(13-18-35)41(32-14-19-36(51-2)20-15-32)47(26-24-46-53(48,49)40-11-6-10-38-37(40)22-23-45-42(38)44)25-7-27-52-39-21-16-34(43)29-33(39)28-30-8-4-3-5-9-30/h3-6,8-23,29,41,46H,7,24-28H2,1-2H3. The van der Waals surface area contributed by atoms with E-state index in [-0.39, 0.29) is 22.6 Å². The van der Waals surface area contributed by atoms with E-state index in [2.05, 4.69) is 26.7 Å². The summed E-state index contributed by atoms with van der Waals surface area (Å²) < 4.78 is 47.6. The molecule has 0 saturated heterocycles. The minimum absolute atomic E-state index is 0.149. The number of halogens is 2. The van der Waals surface area contributed by atoms with Gasteiger partial charge in [0, 0.05) is 48.0 Å². The van der Waals surface area contributed by atoms with Crippen molar-refractivity contribution in [3.05, 3.63) is 160 Å². The van der Waals surface area contributed by atoms with E-state index < -0.39 is 10.0 Å². The second-order valence-corrected chi connectivity index (χ2v) is 15.0. The Balaban J connectivity index is 1.25. The van der Waals surface area contributed by atoms with E-state index in [0.29, 0.717) is 48.3 Å². The lowest BCUT2D eigenvalue weighted by Crippen LogP contribution is -2.38. The molecule has 11 heteroatoms. The fraction of sp³-hybridized carbons (Fsp3) is 0.214. The Bertz CT molecular complexity index is 2170. The molecule has 274 valence electrons. The van der Waals surface area contributed by atoms with Gasteiger partial charge in [0.2, 0.25) is 10.0 Å². The van der Waals surface area contributed by atoms with Crippen molar-refractivity contribution in [2.75, 3.05) is 40.5 Å². The van der Waals surface area contributed by atoms with Crippen molar-refractivity contribution in [3.8, 4) is 17.2 Å². The van der Waals surface area contributed by atoms with Crippen LogP contribution >= 0.6 is 23.2 Å². The summed E-state index contributed by atoms with van der Waals surface area (Å²) in [5, 5.41) is 1.99. The Morgan fingerprint density at radius 2 is 1.43 bits per heavy atom. The summed E-state index contributed by atoms with van der Waals surface area (Å²) in [5.74, 6) is 2.27. The number of nitrogens with one attached hydrogen (secondary N) is 1. The molecule has 0 radical (unpaired) electrons. The Labute approximate surface area is 321 Å². The number of nitrogens with zero attached hydrogens (tertiary/aromatic N) is 2. The molecule has 6 rings (SSSR count). The second kappa shape index (κ2) is 17.9. The molecule has 1 aromatic heterocycles. The molecule has 5 aromatic carbocycles. The lowest BCUT2D eigenvalue weighted by Gasteiger charge is -2.33. The molecule has 0 aliphatic carbocycles. The molecule has 0 fully saturated rings. The summed E-state index contributed by atoms with van der Waals surface area (Å²) in [6, 6.07) is 38.3. The van der Waals surface area contributed by atoms with Crippen LogP contribution in [0.5, 0.6) is 17.2 Å². The third kappa shape index (κ3) is 9.67. The maximum Gasteiger partial charge on any atom is 0.241 e. The monoisotopic (exact) mass is 769 g/mol. The fourth-order valence-electron chi connectivity index (χ4n) is 6.43. The molecule has 1 N–H and O–H groups in total. The number of ether oxygens (including phenoxy) is 3. The van der Waals surface area contributed by atoms with Gasteiger partial charge in [-0.15, -0.1) is 0 Å². The minimum atomic E-state index is -3.90. The molecule has 0 amide bonds. The number of sulfonamides is 1. The van der Waals surface area contributed by atoms with Crippen LogP contribution in [0.1, 0.15) is 34.7 Å². The van der Waals surface area contributed by atoms with Crippen molar-refractivity contribution < 1.29 is 22.6 Å². The average Bonchev–Trinajstić information content (AvgIpc) is 3.18. The first kappa shape index (κ1) is 38.1. The molecule has 1 heterocycles. The molecule has 8 nitrogen and oxygen atoms in total. The Kier molecular flexibility index (Phi) is 12.9. The van der Waals surface area contributed by atoms with Crippen molar-refractivity contribution in [3.63, 3.8) is 0 Å². The molecule has 0 atom stereocenters. The Morgan fingerprint density at radius 3 is 2.09 bits per heavy atom. The molecule has 0 bridgehead atoms. The number of hydrogen-bond acceptors (Lipinski definition) is 7. The van der Waals surface area contributed by atoms with E-state index in [1.54, 1.807) is 38.5 Å². The van der Waals surface area contributed by atoms with Gasteiger partial charge in [0.15, 0.2) is 0 Å². The van der Waals surface area contributed by atoms with Gasteiger partial charge >= 0.3 is 0 Å². The summed E-state index contributed by atoms with van der Waals surface area (Å²) in [4.78, 5) is 6.53. The van der Waals surface area contributed by atoms with Crippen molar-refractivity contribution >= 4 is 44.0 Å². The van der Waals surface area contributed by atoms with Gasteiger partial charge in [-0.2, -0.15) is 0 Å². The molecule has 0 saturated carbocycles. The quantitative estimate of drug-likeness (QED) is 0.0732. The van der Waals surface area contributed by atoms with Gasteiger partial charge < -0.3 is 14.2 Å². The van der Waals surface area contributed by atoms with E-state index in [9.17, 15) is 8.42 Å². The minimum Gasteiger partial charge on any atom is -0.497 e. The van der Waals surface area contributed by atoms with Crippen LogP contribution in [0.15, 0.2) is 132 Å². The van der Waals surface area contributed by atoms with Gasteiger partial charge in [-0.25, -0.2) is 18.1 Å². The van der Waals surface area contributed by atoms with Crippen LogP contribution in [0, 0.1) is 0 Å². The SMILES string of the molecule is COc1ccc(C(c2ccc(OC)cc2)N(CCCOc2ccc(Cl)cc2Cc2ccccc2)CCNS(=O)(=O)c2cccc3c(Cl)nccc23)cc1. The highest BCUT2D eigenvalue weighted by molar-refractivity contribution is 7.89. The Morgan fingerprint density at radius 1 is 0.755 bits per heavy atom. The number of aromatic nitrogens is 1. The zero-order valence-electron chi connectivity index (χ0n) is 29.5. The van der Waals surface area contributed by atoms with Gasteiger partial charge in [0.25, 0.3) is 0 Å². The second-order valence-electron chi connectivity index (χ2n) is 12.5. The highest BCUT2D eigenvalue weighted by Crippen LogP contribution is 2.32. The van der Waals surface area contributed by atoms with E-state index >= 15 is 0 Å². The molecular weight excluding hydrogens is 729 g/mol. The van der Waals surface area contributed by atoms with E-state index in [1.807, 2.05) is 84.9 Å². The maximum atomic E-state index is 13.7. The van der Waals surface area contributed by atoms with E-state index in [0.717, 1.165) is 33.9 Å². The molecule has 6 aromatic rings. The summed E-state index contributed by atoms with van der Waals surface area (Å²) >= 11 is 12.7. The number of methoxy groups -OCH3 is 2. The predicted molar refractivity (Wildman–Crippen MR) is 212 cm³/mol. The smallest absolute Gasteiger partial charge is 0.241 e.